The smallest absolute Gasteiger partial charge is 0.307 e. The Morgan fingerprint density at radius 3 is 2.52 bits per heavy atom. The lowest BCUT2D eigenvalue weighted by Gasteiger charge is -2.20. The van der Waals surface area contributed by atoms with E-state index in [9.17, 15) is 9.59 Å². The Kier molecular flexibility index (Phi) is 10.2. The number of amides is 1. The average molecular weight is 349 g/mol. The molecule has 0 spiro atoms. The minimum Gasteiger partial charge on any atom is -0.466 e. The summed E-state index contributed by atoms with van der Waals surface area (Å²) in [7, 11) is 0. The van der Waals surface area contributed by atoms with Crippen molar-refractivity contribution in [1.29, 1.82) is 0 Å². The Hall–Kier alpha value is -2.18. The van der Waals surface area contributed by atoms with Crippen LogP contribution in [0.3, 0.4) is 0 Å². The third-order valence-electron chi connectivity index (χ3n) is 3.44. The van der Waals surface area contributed by atoms with Crippen molar-refractivity contribution >= 4 is 18.0 Å². The molecular weight excluding hydrogens is 322 g/mol. The number of hydrogen-bond acceptors (Lipinski definition) is 5. The van der Waals surface area contributed by atoms with E-state index in [4.69, 9.17) is 14.6 Å². The fourth-order valence-corrected chi connectivity index (χ4v) is 2.08. The van der Waals surface area contributed by atoms with Crippen LogP contribution in [0.2, 0.25) is 0 Å². The summed E-state index contributed by atoms with van der Waals surface area (Å²) in [5.41, 5.74) is 2.08. The van der Waals surface area contributed by atoms with Crippen molar-refractivity contribution < 1.29 is 24.2 Å². The maximum absolute atomic E-state index is 12.4. The molecule has 138 valence electrons. The number of carbonyl (C=O) groups is 2. The van der Waals surface area contributed by atoms with Crippen molar-refractivity contribution in [2.45, 2.75) is 20.3 Å². The van der Waals surface area contributed by atoms with Gasteiger partial charge in [-0.25, -0.2) is 0 Å². The lowest BCUT2D eigenvalue weighted by Crippen LogP contribution is -2.35. The van der Waals surface area contributed by atoms with Gasteiger partial charge in [0.25, 0.3) is 0 Å². The van der Waals surface area contributed by atoms with Crippen molar-refractivity contribution in [3.63, 3.8) is 0 Å². The minimum absolute atomic E-state index is 0.0654. The molecule has 0 unspecified atom stereocenters. The lowest BCUT2D eigenvalue weighted by molar-refractivity contribution is -0.143. The Morgan fingerprint density at radius 1 is 1.16 bits per heavy atom. The van der Waals surface area contributed by atoms with Gasteiger partial charge in [-0.2, -0.15) is 0 Å². The number of esters is 1. The summed E-state index contributed by atoms with van der Waals surface area (Å²) < 4.78 is 10.1. The van der Waals surface area contributed by atoms with E-state index in [1.807, 2.05) is 31.2 Å². The number of aryl methyl sites for hydroxylation is 1. The predicted octanol–water partition coefficient (Wildman–Crippen LogP) is 1.80. The molecular formula is C19H27NO5. The van der Waals surface area contributed by atoms with E-state index in [0.29, 0.717) is 19.8 Å². The number of aliphatic hydroxyl groups excluding tert-OH is 1. The number of ether oxygens (including phenoxy) is 2. The number of carbonyl (C=O) groups excluding carboxylic acids is 2. The van der Waals surface area contributed by atoms with Gasteiger partial charge in [0.2, 0.25) is 5.91 Å². The van der Waals surface area contributed by atoms with Crippen LogP contribution in [-0.4, -0.2) is 61.4 Å². The number of aliphatic hydroxyl groups is 1. The van der Waals surface area contributed by atoms with Crippen molar-refractivity contribution in [3.8, 4) is 0 Å². The molecule has 6 nitrogen and oxygen atoms in total. The van der Waals surface area contributed by atoms with Crippen molar-refractivity contribution in [1.82, 2.24) is 4.90 Å². The summed E-state index contributed by atoms with van der Waals surface area (Å²) >= 11 is 0. The van der Waals surface area contributed by atoms with E-state index in [1.54, 1.807) is 17.9 Å². The average Bonchev–Trinajstić information content (AvgIpc) is 2.60. The first-order valence-corrected chi connectivity index (χ1v) is 8.44. The maximum atomic E-state index is 12.4. The first-order chi connectivity index (χ1) is 12.1. The van der Waals surface area contributed by atoms with E-state index in [2.05, 4.69) is 0 Å². The molecule has 0 aliphatic carbocycles. The Bertz CT molecular complexity index is 553. The second-order valence-corrected chi connectivity index (χ2v) is 5.46. The molecule has 1 amide bonds. The van der Waals surface area contributed by atoms with Crippen LogP contribution in [0.5, 0.6) is 0 Å². The van der Waals surface area contributed by atoms with Crippen LogP contribution in [0.4, 0.5) is 0 Å². The minimum atomic E-state index is -0.334. The van der Waals surface area contributed by atoms with Crippen LogP contribution in [0, 0.1) is 6.92 Å². The SMILES string of the molecule is CCOC(=O)CCN(CCOCCO)C(=O)/C=C/c1ccc(C)cc1. The van der Waals surface area contributed by atoms with Gasteiger partial charge >= 0.3 is 5.97 Å². The summed E-state index contributed by atoms with van der Waals surface area (Å²) in [6.07, 6.45) is 3.37. The fourth-order valence-electron chi connectivity index (χ4n) is 2.08. The normalized spacial score (nSPS) is 10.8. The molecule has 1 aromatic carbocycles. The van der Waals surface area contributed by atoms with Gasteiger partial charge in [0.05, 0.1) is 32.8 Å². The molecule has 0 aromatic heterocycles. The molecule has 0 aliphatic heterocycles. The van der Waals surface area contributed by atoms with Gasteiger partial charge in [0, 0.05) is 19.2 Å². The highest BCUT2D eigenvalue weighted by Gasteiger charge is 2.13. The molecule has 25 heavy (non-hydrogen) atoms. The maximum Gasteiger partial charge on any atom is 0.307 e. The lowest BCUT2D eigenvalue weighted by atomic mass is 10.1. The Balaban J connectivity index is 2.62. The van der Waals surface area contributed by atoms with Crippen LogP contribution in [0.15, 0.2) is 30.3 Å². The second kappa shape index (κ2) is 12.2. The Labute approximate surface area is 149 Å². The highest BCUT2D eigenvalue weighted by Crippen LogP contribution is 2.06. The van der Waals surface area contributed by atoms with Gasteiger partial charge in [-0.1, -0.05) is 29.8 Å². The van der Waals surface area contributed by atoms with Gasteiger partial charge in [0.1, 0.15) is 0 Å². The van der Waals surface area contributed by atoms with E-state index >= 15 is 0 Å². The van der Waals surface area contributed by atoms with Gasteiger partial charge in [0.15, 0.2) is 0 Å². The van der Waals surface area contributed by atoms with Gasteiger partial charge in [-0.3, -0.25) is 9.59 Å². The monoisotopic (exact) mass is 349 g/mol. The molecule has 0 saturated carbocycles. The van der Waals surface area contributed by atoms with Crippen LogP contribution >= 0.6 is 0 Å². The van der Waals surface area contributed by atoms with Crippen molar-refractivity contribution in [2.24, 2.45) is 0 Å². The first-order valence-electron chi connectivity index (χ1n) is 8.44. The van der Waals surface area contributed by atoms with Gasteiger partial charge in [-0.15, -0.1) is 0 Å². The van der Waals surface area contributed by atoms with E-state index < -0.39 is 0 Å². The summed E-state index contributed by atoms with van der Waals surface area (Å²) in [6.45, 7) is 5.13. The number of benzene rings is 1. The van der Waals surface area contributed by atoms with Crippen LogP contribution in [0.1, 0.15) is 24.5 Å². The van der Waals surface area contributed by atoms with Crippen LogP contribution < -0.4 is 0 Å². The number of rotatable bonds is 11. The third-order valence-corrected chi connectivity index (χ3v) is 3.44. The highest BCUT2D eigenvalue weighted by atomic mass is 16.5. The Morgan fingerprint density at radius 2 is 1.88 bits per heavy atom. The third kappa shape index (κ3) is 9.02. The van der Waals surface area contributed by atoms with Crippen molar-refractivity contribution in [2.75, 3.05) is 39.5 Å². The quantitative estimate of drug-likeness (QED) is 0.374. The first kappa shape index (κ1) is 20.9. The molecule has 1 rings (SSSR count). The summed E-state index contributed by atoms with van der Waals surface area (Å²) in [5.74, 6) is -0.531. The highest BCUT2D eigenvalue weighted by molar-refractivity contribution is 5.92. The standard InChI is InChI=1S/C19H27NO5/c1-3-25-19(23)10-11-20(12-14-24-15-13-21)18(22)9-8-17-6-4-16(2)5-7-17/h4-9,21H,3,10-15H2,1-2H3/b9-8+. The van der Waals surface area contributed by atoms with Crippen LogP contribution in [0.25, 0.3) is 6.08 Å². The summed E-state index contributed by atoms with van der Waals surface area (Å²) in [4.78, 5) is 25.5. The molecule has 0 bridgehead atoms. The van der Waals surface area contributed by atoms with E-state index in [-0.39, 0.29) is 38.1 Å². The van der Waals surface area contributed by atoms with Gasteiger partial charge < -0.3 is 19.5 Å². The van der Waals surface area contributed by atoms with Gasteiger partial charge in [-0.05, 0) is 25.5 Å². The second-order valence-electron chi connectivity index (χ2n) is 5.46. The largest absolute Gasteiger partial charge is 0.466 e. The zero-order valence-electron chi connectivity index (χ0n) is 14.9. The number of hydrogen-bond donors (Lipinski definition) is 1. The topological polar surface area (TPSA) is 76.1 Å². The fraction of sp³-hybridized carbons (Fsp3) is 0.474. The zero-order chi connectivity index (χ0) is 18.5. The molecule has 0 radical (unpaired) electrons. The van der Waals surface area contributed by atoms with E-state index in [1.165, 1.54) is 6.08 Å². The van der Waals surface area contributed by atoms with E-state index in [0.717, 1.165) is 11.1 Å². The van der Waals surface area contributed by atoms with Crippen LogP contribution in [-0.2, 0) is 19.1 Å². The predicted molar refractivity (Wildman–Crippen MR) is 95.9 cm³/mol. The molecule has 0 heterocycles. The number of nitrogens with zero attached hydrogens (tertiary/aromatic N) is 1. The molecule has 1 aromatic rings. The molecule has 1 N–H and O–H groups in total. The zero-order valence-corrected chi connectivity index (χ0v) is 14.9. The molecule has 0 saturated heterocycles. The molecule has 0 atom stereocenters. The summed E-state index contributed by atoms with van der Waals surface area (Å²) in [6, 6.07) is 7.83. The molecule has 0 aliphatic rings. The van der Waals surface area contributed by atoms with Crippen molar-refractivity contribution in [3.05, 3.63) is 41.5 Å². The summed E-state index contributed by atoms with van der Waals surface area (Å²) in [5, 5.41) is 8.73. The molecule has 0 fully saturated rings. The molecule has 6 heteroatoms.